The first-order valence-corrected chi connectivity index (χ1v) is 7.26. The Morgan fingerprint density at radius 3 is 2.50 bits per heavy atom. The van der Waals surface area contributed by atoms with E-state index in [2.05, 4.69) is 5.32 Å². The molecular weight excluding hydrogens is 282 g/mol. The number of nitrogens with one attached hydrogen (secondary N) is 1. The fourth-order valence-electron chi connectivity index (χ4n) is 1.92. The molecule has 0 spiro atoms. The van der Waals surface area contributed by atoms with Gasteiger partial charge in [0, 0.05) is 38.7 Å². The summed E-state index contributed by atoms with van der Waals surface area (Å²) in [6, 6.07) is 6.97. The summed E-state index contributed by atoms with van der Waals surface area (Å²) >= 11 is 0. The third-order valence-corrected chi connectivity index (χ3v) is 3.26. The maximum atomic E-state index is 12.1. The van der Waals surface area contributed by atoms with Gasteiger partial charge in [0.25, 0.3) is 5.91 Å². The minimum absolute atomic E-state index is 0.0116. The predicted octanol–water partition coefficient (Wildman–Crippen LogP) is 0.835. The van der Waals surface area contributed by atoms with Crippen molar-refractivity contribution in [3.63, 3.8) is 0 Å². The third kappa shape index (κ3) is 6.13. The van der Waals surface area contributed by atoms with E-state index < -0.39 is 0 Å². The molecule has 1 rings (SSSR count). The van der Waals surface area contributed by atoms with E-state index in [1.54, 1.807) is 43.2 Å². The van der Waals surface area contributed by atoms with Crippen LogP contribution in [-0.2, 0) is 4.79 Å². The van der Waals surface area contributed by atoms with Gasteiger partial charge in [-0.2, -0.15) is 0 Å². The zero-order chi connectivity index (χ0) is 16.5. The second-order valence-electron chi connectivity index (χ2n) is 5.30. The van der Waals surface area contributed by atoms with E-state index in [4.69, 9.17) is 4.74 Å². The lowest BCUT2D eigenvalue weighted by atomic mass is 10.2. The van der Waals surface area contributed by atoms with Crippen molar-refractivity contribution in [2.45, 2.75) is 6.92 Å². The van der Waals surface area contributed by atoms with Crippen LogP contribution in [0.25, 0.3) is 0 Å². The van der Waals surface area contributed by atoms with E-state index in [1.165, 1.54) is 0 Å². The van der Waals surface area contributed by atoms with Crippen LogP contribution >= 0.6 is 0 Å². The molecule has 0 aliphatic rings. The molecule has 1 N–H and O–H groups in total. The average Bonchev–Trinajstić information content (AvgIpc) is 2.49. The SMILES string of the molecule is COc1cccc(C(=O)NCCN(CCN(C)C)C(C)=O)c1. The topological polar surface area (TPSA) is 61.9 Å². The Hall–Kier alpha value is -2.08. The smallest absolute Gasteiger partial charge is 0.251 e. The fraction of sp³-hybridized carbons (Fsp3) is 0.500. The van der Waals surface area contributed by atoms with Crippen molar-refractivity contribution in [2.75, 3.05) is 47.4 Å². The standard InChI is InChI=1S/C16H25N3O3/c1-13(20)19(11-10-18(2)3)9-8-17-16(21)14-6-5-7-15(12-14)22-4/h5-7,12H,8-11H2,1-4H3,(H,17,21). The quantitative estimate of drug-likeness (QED) is 0.773. The van der Waals surface area contributed by atoms with Gasteiger partial charge in [-0.05, 0) is 32.3 Å². The number of amides is 2. The molecule has 122 valence electrons. The van der Waals surface area contributed by atoms with Gasteiger partial charge in [0.15, 0.2) is 0 Å². The lowest BCUT2D eigenvalue weighted by Gasteiger charge is -2.23. The van der Waals surface area contributed by atoms with Gasteiger partial charge in [-0.1, -0.05) is 6.07 Å². The van der Waals surface area contributed by atoms with Gasteiger partial charge in [0.05, 0.1) is 7.11 Å². The van der Waals surface area contributed by atoms with Gasteiger partial charge < -0.3 is 19.9 Å². The van der Waals surface area contributed by atoms with Gasteiger partial charge >= 0.3 is 0 Å². The molecule has 1 aromatic rings. The van der Waals surface area contributed by atoms with Crippen molar-refractivity contribution in [1.29, 1.82) is 0 Å². The van der Waals surface area contributed by atoms with E-state index in [-0.39, 0.29) is 11.8 Å². The summed E-state index contributed by atoms with van der Waals surface area (Å²) < 4.78 is 5.10. The van der Waals surface area contributed by atoms with Gasteiger partial charge in [0.1, 0.15) is 5.75 Å². The van der Waals surface area contributed by atoms with Crippen molar-refractivity contribution in [3.8, 4) is 5.75 Å². The number of benzene rings is 1. The van der Waals surface area contributed by atoms with Crippen molar-refractivity contribution >= 4 is 11.8 Å². The summed E-state index contributed by atoms with van der Waals surface area (Å²) in [6.07, 6.45) is 0. The molecule has 0 aromatic heterocycles. The molecule has 6 nitrogen and oxygen atoms in total. The van der Waals surface area contributed by atoms with E-state index in [0.717, 1.165) is 6.54 Å². The second kappa shape index (κ2) is 9.04. The predicted molar refractivity (Wildman–Crippen MR) is 86.1 cm³/mol. The normalized spacial score (nSPS) is 10.4. The molecule has 1 aromatic carbocycles. The molecule has 0 radical (unpaired) electrons. The minimum Gasteiger partial charge on any atom is -0.497 e. The van der Waals surface area contributed by atoms with E-state index in [9.17, 15) is 9.59 Å². The zero-order valence-corrected chi connectivity index (χ0v) is 13.8. The molecule has 0 aliphatic carbocycles. The number of likely N-dealkylation sites (N-methyl/N-ethyl adjacent to an activating group) is 1. The first kappa shape index (κ1) is 18.0. The van der Waals surface area contributed by atoms with E-state index in [1.807, 2.05) is 19.0 Å². The first-order valence-electron chi connectivity index (χ1n) is 7.26. The lowest BCUT2D eigenvalue weighted by molar-refractivity contribution is -0.128. The molecule has 6 heteroatoms. The number of methoxy groups -OCH3 is 1. The Bertz CT molecular complexity index is 503. The van der Waals surface area contributed by atoms with Gasteiger partial charge in [-0.25, -0.2) is 0 Å². The summed E-state index contributed by atoms with van der Waals surface area (Å²) in [4.78, 5) is 27.4. The third-order valence-electron chi connectivity index (χ3n) is 3.26. The van der Waals surface area contributed by atoms with Crippen LogP contribution in [0.5, 0.6) is 5.75 Å². The Kier molecular flexibility index (Phi) is 7.39. The van der Waals surface area contributed by atoms with E-state index >= 15 is 0 Å². The van der Waals surface area contributed by atoms with Crippen molar-refractivity contribution in [1.82, 2.24) is 15.1 Å². The van der Waals surface area contributed by atoms with Gasteiger partial charge in [-0.15, -0.1) is 0 Å². The number of carbonyl (C=O) groups excluding carboxylic acids is 2. The number of ether oxygens (including phenoxy) is 1. The summed E-state index contributed by atoms with van der Waals surface area (Å²) in [5.41, 5.74) is 0.544. The van der Waals surface area contributed by atoms with E-state index in [0.29, 0.717) is 30.9 Å². The average molecular weight is 307 g/mol. The minimum atomic E-state index is -0.171. The molecule has 0 saturated heterocycles. The molecule has 22 heavy (non-hydrogen) atoms. The van der Waals surface area contributed by atoms with Crippen LogP contribution in [0, 0.1) is 0 Å². The van der Waals surface area contributed by atoms with Crippen LogP contribution in [0.3, 0.4) is 0 Å². The highest BCUT2D eigenvalue weighted by molar-refractivity contribution is 5.94. The Morgan fingerprint density at radius 1 is 1.18 bits per heavy atom. The molecule has 0 bridgehead atoms. The summed E-state index contributed by atoms with van der Waals surface area (Å²) in [5.74, 6) is 0.483. The maximum Gasteiger partial charge on any atom is 0.251 e. The lowest BCUT2D eigenvalue weighted by Crippen LogP contribution is -2.40. The monoisotopic (exact) mass is 307 g/mol. The van der Waals surface area contributed by atoms with Crippen LogP contribution in [0.15, 0.2) is 24.3 Å². The van der Waals surface area contributed by atoms with Crippen LogP contribution in [0.1, 0.15) is 17.3 Å². The summed E-state index contributed by atoms with van der Waals surface area (Å²) in [5, 5.41) is 2.82. The number of nitrogens with zero attached hydrogens (tertiary/aromatic N) is 2. The number of hydrogen-bond donors (Lipinski definition) is 1. The number of carbonyl (C=O) groups is 2. The molecule has 0 aliphatic heterocycles. The Morgan fingerprint density at radius 2 is 1.91 bits per heavy atom. The Labute approximate surface area is 132 Å². The van der Waals surface area contributed by atoms with Crippen molar-refractivity contribution in [3.05, 3.63) is 29.8 Å². The molecule has 0 heterocycles. The highest BCUT2D eigenvalue weighted by Gasteiger charge is 2.10. The first-order chi connectivity index (χ1) is 10.4. The highest BCUT2D eigenvalue weighted by atomic mass is 16.5. The number of hydrogen-bond acceptors (Lipinski definition) is 4. The molecule has 0 fully saturated rings. The Balaban J connectivity index is 2.46. The largest absolute Gasteiger partial charge is 0.497 e. The van der Waals surface area contributed by atoms with Gasteiger partial charge in [0.2, 0.25) is 5.91 Å². The molecule has 0 atom stereocenters. The number of rotatable bonds is 8. The molecule has 0 unspecified atom stereocenters. The zero-order valence-electron chi connectivity index (χ0n) is 13.8. The van der Waals surface area contributed by atoms with Crippen LogP contribution in [-0.4, -0.2) is 69.0 Å². The van der Waals surface area contributed by atoms with Crippen LogP contribution in [0.2, 0.25) is 0 Å². The van der Waals surface area contributed by atoms with Crippen molar-refractivity contribution in [2.24, 2.45) is 0 Å². The fourth-order valence-corrected chi connectivity index (χ4v) is 1.92. The second-order valence-corrected chi connectivity index (χ2v) is 5.30. The highest BCUT2D eigenvalue weighted by Crippen LogP contribution is 2.12. The van der Waals surface area contributed by atoms with Gasteiger partial charge in [-0.3, -0.25) is 9.59 Å². The van der Waals surface area contributed by atoms with Crippen LogP contribution < -0.4 is 10.1 Å². The van der Waals surface area contributed by atoms with Crippen molar-refractivity contribution < 1.29 is 14.3 Å². The maximum absolute atomic E-state index is 12.1. The molecular formula is C16H25N3O3. The molecule has 0 saturated carbocycles. The molecule has 2 amide bonds. The summed E-state index contributed by atoms with van der Waals surface area (Å²) in [7, 11) is 5.48. The van der Waals surface area contributed by atoms with Crippen LogP contribution in [0.4, 0.5) is 0 Å². The summed E-state index contributed by atoms with van der Waals surface area (Å²) in [6.45, 7) is 3.91.